The van der Waals surface area contributed by atoms with Crippen LogP contribution in [0.3, 0.4) is 0 Å². The minimum Gasteiger partial charge on any atom is -0.354 e. The van der Waals surface area contributed by atoms with Crippen LogP contribution in [-0.4, -0.2) is 137 Å². The monoisotopic (exact) mass is 945 g/mol. The summed E-state index contributed by atoms with van der Waals surface area (Å²) in [4.78, 5) is 101. The summed E-state index contributed by atoms with van der Waals surface area (Å²) in [5, 5.41) is 11.5. The van der Waals surface area contributed by atoms with Crippen LogP contribution >= 0.6 is 11.6 Å². The predicted octanol–water partition coefficient (Wildman–Crippen LogP) is 4.14. The summed E-state index contributed by atoms with van der Waals surface area (Å²) in [5.74, 6) is -10.6. The smallest absolute Gasteiger partial charge is 0.354 e. The molecule has 0 aromatic heterocycles. The van der Waals surface area contributed by atoms with Gasteiger partial charge in [-0.2, -0.15) is 13.2 Å². The molecule has 6 rings (SSSR count). The van der Waals surface area contributed by atoms with Crippen molar-refractivity contribution in [2.45, 2.75) is 152 Å². The molecular formula is C44H58ClF6N7O7. The number of alkyl halides is 6. The first-order valence-electron chi connectivity index (χ1n) is 22.2. The molecule has 3 saturated carbocycles. The zero-order chi connectivity index (χ0) is 48.0. The first-order chi connectivity index (χ1) is 30.3. The quantitative estimate of drug-likeness (QED) is 0.255. The SMILES string of the molecule is Cc1ccc(Cl)cc1C[C@H]1C(=O)NC2(CC2)C(=O)NCCCC[C@H](N(C)C(=O)[C@@H](NC(=O)[C@@H]2C[C@@H](F)CN2C(=O)C2(C(F)(F)F)CC(F)(F)C2)C2CC2)C(=O)N[C@@H](CC(C)C)C(=O)N1C. The number of likely N-dealkylation sites (N-methyl/N-ethyl adjacent to an activating group) is 2. The summed E-state index contributed by atoms with van der Waals surface area (Å²) in [6.45, 7) is 4.70. The first kappa shape index (κ1) is 49.8. The highest BCUT2D eigenvalue weighted by Crippen LogP contribution is 2.61. The molecule has 360 valence electrons. The number of likely N-dealkylation sites (tertiary alicyclic amines) is 1. The van der Waals surface area contributed by atoms with Gasteiger partial charge in [0.05, 0.1) is 6.54 Å². The molecule has 4 N–H and O–H groups in total. The average Bonchev–Trinajstić information content (AvgIpc) is 4.16. The van der Waals surface area contributed by atoms with Gasteiger partial charge in [-0.05, 0) is 93.4 Å². The maximum atomic E-state index is 14.9. The molecule has 1 spiro atoms. The van der Waals surface area contributed by atoms with Gasteiger partial charge in [-0.25, -0.2) is 13.2 Å². The number of rotatable bonds is 10. The number of carbonyl (C=O) groups is 7. The van der Waals surface area contributed by atoms with E-state index in [-0.39, 0.29) is 38.1 Å². The Morgan fingerprint density at radius 2 is 1.68 bits per heavy atom. The van der Waals surface area contributed by atoms with Crippen molar-refractivity contribution < 1.29 is 59.9 Å². The summed E-state index contributed by atoms with van der Waals surface area (Å²) in [7, 11) is 2.75. The lowest BCUT2D eigenvalue weighted by atomic mass is 9.64. The van der Waals surface area contributed by atoms with Crippen LogP contribution in [0.4, 0.5) is 26.3 Å². The van der Waals surface area contributed by atoms with Gasteiger partial charge < -0.3 is 36.0 Å². The van der Waals surface area contributed by atoms with E-state index in [1.165, 1.54) is 19.0 Å². The molecule has 7 amide bonds. The van der Waals surface area contributed by atoms with Crippen molar-refractivity contribution in [1.29, 1.82) is 0 Å². The first-order valence-corrected chi connectivity index (χ1v) is 22.6. The molecule has 2 heterocycles. The van der Waals surface area contributed by atoms with Gasteiger partial charge in [-0.1, -0.05) is 31.5 Å². The van der Waals surface area contributed by atoms with Crippen molar-refractivity contribution in [2.75, 3.05) is 27.2 Å². The number of nitrogens with zero attached hydrogens (tertiary/aromatic N) is 3. The molecule has 3 aliphatic carbocycles. The third kappa shape index (κ3) is 10.8. The zero-order valence-corrected chi connectivity index (χ0v) is 37.9. The van der Waals surface area contributed by atoms with E-state index < -0.39 is 133 Å². The van der Waals surface area contributed by atoms with E-state index in [1.54, 1.807) is 18.2 Å². The Morgan fingerprint density at radius 3 is 2.26 bits per heavy atom. The van der Waals surface area contributed by atoms with E-state index in [2.05, 4.69) is 21.3 Å². The van der Waals surface area contributed by atoms with E-state index in [4.69, 9.17) is 11.6 Å². The number of hydrogen-bond acceptors (Lipinski definition) is 7. The molecule has 65 heavy (non-hydrogen) atoms. The normalized spacial score (nSPS) is 27.6. The van der Waals surface area contributed by atoms with Gasteiger partial charge >= 0.3 is 6.18 Å². The summed E-state index contributed by atoms with van der Waals surface area (Å²) in [5.41, 5.74) is -3.21. The molecule has 5 aliphatic rings. The molecule has 2 aliphatic heterocycles. The second kappa shape index (κ2) is 18.9. The maximum absolute atomic E-state index is 14.9. The van der Waals surface area contributed by atoms with Gasteiger partial charge in [0.15, 0.2) is 5.41 Å². The van der Waals surface area contributed by atoms with E-state index >= 15 is 0 Å². The van der Waals surface area contributed by atoms with Crippen LogP contribution in [0.5, 0.6) is 0 Å². The number of hydrogen-bond donors (Lipinski definition) is 4. The molecule has 0 radical (unpaired) electrons. The Hall–Kier alpha value is -4.62. The summed E-state index contributed by atoms with van der Waals surface area (Å²) < 4.78 is 85.1. The van der Waals surface area contributed by atoms with Gasteiger partial charge in [0.1, 0.15) is 41.9 Å². The lowest BCUT2D eigenvalue weighted by molar-refractivity contribution is -0.299. The van der Waals surface area contributed by atoms with Crippen LogP contribution in [-0.2, 0) is 40.0 Å². The van der Waals surface area contributed by atoms with Crippen molar-refractivity contribution in [1.82, 2.24) is 36.0 Å². The van der Waals surface area contributed by atoms with Crippen LogP contribution in [0.15, 0.2) is 18.2 Å². The Labute approximate surface area is 378 Å². The van der Waals surface area contributed by atoms with Crippen LogP contribution in [0, 0.1) is 24.2 Å². The number of aryl methyl sites for hydroxylation is 1. The molecule has 6 atom stereocenters. The van der Waals surface area contributed by atoms with Crippen LogP contribution < -0.4 is 21.3 Å². The second-order valence-corrected chi connectivity index (χ2v) is 19.6. The number of carbonyl (C=O) groups excluding carboxylic acids is 7. The van der Waals surface area contributed by atoms with Gasteiger partial charge in [0, 0.05) is 51.3 Å². The average molecular weight is 946 g/mol. The number of amides is 7. The fraction of sp³-hybridized carbons (Fsp3) is 0.705. The highest BCUT2D eigenvalue weighted by atomic mass is 35.5. The molecule has 21 heteroatoms. The number of nitrogens with one attached hydrogen (secondary N) is 4. The fourth-order valence-electron chi connectivity index (χ4n) is 9.29. The lowest BCUT2D eigenvalue weighted by Gasteiger charge is -2.48. The van der Waals surface area contributed by atoms with Gasteiger partial charge in [0.2, 0.25) is 41.4 Å². The van der Waals surface area contributed by atoms with Crippen LogP contribution in [0.25, 0.3) is 0 Å². The highest BCUT2D eigenvalue weighted by molar-refractivity contribution is 6.30. The van der Waals surface area contributed by atoms with E-state index in [0.717, 1.165) is 10.5 Å². The molecule has 0 bridgehead atoms. The zero-order valence-electron chi connectivity index (χ0n) is 37.1. The molecule has 5 fully saturated rings. The number of benzene rings is 1. The molecule has 1 aromatic carbocycles. The molecule has 1 aromatic rings. The van der Waals surface area contributed by atoms with E-state index in [9.17, 15) is 59.9 Å². The minimum absolute atomic E-state index is 0.0187. The Kier molecular flexibility index (Phi) is 14.5. The predicted molar refractivity (Wildman–Crippen MR) is 224 cm³/mol. The maximum Gasteiger partial charge on any atom is 0.403 e. The third-order valence-corrected chi connectivity index (χ3v) is 13.8. The Morgan fingerprint density at radius 1 is 1.02 bits per heavy atom. The summed E-state index contributed by atoms with van der Waals surface area (Å²) in [6, 6.07) is -1.68. The summed E-state index contributed by atoms with van der Waals surface area (Å²) in [6.07, 6.45) is -9.40. The van der Waals surface area contributed by atoms with E-state index in [1.807, 2.05) is 20.8 Å². The van der Waals surface area contributed by atoms with Gasteiger partial charge in [-0.15, -0.1) is 0 Å². The van der Waals surface area contributed by atoms with Crippen molar-refractivity contribution in [3.8, 4) is 0 Å². The van der Waals surface area contributed by atoms with Crippen LogP contribution in [0.2, 0.25) is 5.02 Å². The van der Waals surface area contributed by atoms with Gasteiger partial charge in [0.25, 0.3) is 5.92 Å². The van der Waals surface area contributed by atoms with Crippen molar-refractivity contribution in [3.63, 3.8) is 0 Å². The Balaban J connectivity index is 1.25. The fourth-order valence-corrected chi connectivity index (χ4v) is 9.49. The van der Waals surface area contributed by atoms with Crippen molar-refractivity contribution >= 4 is 53.0 Å². The van der Waals surface area contributed by atoms with Crippen molar-refractivity contribution in [3.05, 3.63) is 34.3 Å². The molecule has 0 unspecified atom stereocenters. The largest absolute Gasteiger partial charge is 0.403 e. The van der Waals surface area contributed by atoms with E-state index in [0.29, 0.717) is 47.6 Å². The molecule has 2 saturated heterocycles. The minimum atomic E-state index is -5.41. The summed E-state index contributed by atoms with van der Waals surface area (Å²) >= 11 is 6.32. The Bertz CT molecular complexity index is 2040. The topological polar surface area (TPSA) is 177 Å². The third-order valence-electron chi connectivity index (χ3n) is 13.6. The standard InChI is InChI=1S/C44H58ClF6N7O7/c1-23(2)16-29-37(62)57(5)31(18-26-17-27(45)12-9-24(26)3)36(61)55-42(13-14-42)39(64)52-15-7-6-8-30(34(59)53-29)56(4)38(63)33(25-10-11-25)54-35(60)32-19-28(46)20-58(32)40(65)41(44(49,50)51)21-43(47,48)22-41/h9,12,17,23,25,28-33H,6-8,10-11,13-16,18-22H2,1-5H3,(H,52,64)(H,53,59)(H,54,60)(H,55,61)/t28-,29+,30+,31+,32+,33+/m1/s1. The highest BCUT2D eigenvalue weighted by Gasteiger charge is 2.75. The number of halogens is 7. The van der Waals surface area contributed by atoms with Crippen molar-refractivity contribution in [2.24, 2.45) is 17.3 Å². The second-order valence-electron chi connectivity index (χ2n) is 19.1. The van der Waals surface area contributed by atoms with Gasteiger partial charge in [-0.3, -0.25) is 33.6 Å². The molecule has 14 nitrogen and oxygen atoms in total. The van der Waals surface area contributed by atoms with Crippen LogP contribution in [0.1, 0.15) is 95.6 Å². The lowest BCUT2D eigenvalue weighted by Crippen LogP contribution is -2.65. The molecular weight excluding hydrogens is 888 g/mol.